The van der Waals surface area contributed by atoms with Gasteiger partial charge in [-0.25, -0.2) is 13.4 Å². The van der Waals surface area contributed by atoms with Crippen LogP contribution in [0.3, 0.4) is 0 Å². The number of fused-ring (bicyclic) bond motifs is 1. The number of sulfonamides is 1. The van der Waals surface area contributed by atoms with E-state index in [9.17, 15) is 18.0 Å². The van der Waals surface area contributed by atoms with Crippen LogP contribution in [-0.4, -0.2) is 42.5 Å². The summed E-state index contributed by atoms with van der Waals surface area (Å²) in [4.78, 5) is 33.8. The molecule has 0 saturated carbocycles. The van der Waals surface area contributed by atoms with Crippen LogP contribution >= 0.6 is 0 Å². The van der Waals surface area contributed by atoms with Crippen molar-refractivity contribution in [1.29, 1.82) is 0 Å². The van der Waals surface area contributed by atoms with Crippen molar-refractivity contribution in [2.75, 3.05) is 19.5 Å². The summed E-state index contributed by atoms with van der Waals surface area (Å²) in [5.41, 5.74) is 0.101. The predicted octanol–water partition coefficient (Wildman–Crippen LogP) is 1.27. The minimum absolute atomic E-state index is 0.00198. The molecule has 1 amide bonds. The monoisotopic (exact) mass is 406 g/mol. The van der Waals surface area contributed by atoms with Crippen LogP contribution < -0.4 is 10.9 Å². The largest absolute Gasteiger partial charge is 0.442 e. The molecule has 0 aliphatic heterocycles. The molecule has 148 valence electrons. The van der Waals surface area contributed by atoms with Crippen molar-refractivity contribution in [3.05, 3.63) is 52.3 Å². The number of benzene rings is 1. The van der Waals surface area contributed by atoms with Crippen LogP contribution in [0.4, 0.5) is 5.69 Å². The lowest BCUT2D eigenvalue weighted by molar-refractivity contribution is -0.0258. The molecular formula is C17H18N4O6S. The molecule has 0 saturated heterocycles. The number of carbonyl (C=O) groups is 1. The van der Waals surface area contributed by atoms with Crippen molar-refractivity contribution in [3.63, 3.8) is 0 Å². The van der Waals surface area contributed by atoms with Crippen LogP contribution in [0.1, 0.15) is 16.1 Å². The van der Waals surface area contributed by atoms with Gasteiger partial charge in [-0.3, -0.25) is 14.4 Å². The Morgan fingerprint density at radius 3 is 2.54 bits per heavy atom. The van der Waals surface area contributed by atoms with Gasteiger partial charge in [-0.2, -0.15) is 0 Å². The maximum absolute atomic E-state index is 12.7. The van der Waals surface area contributed by atoms with E-state index < -0.39 is 21.5 Å². The second-order valence-electron chi connectivity index (χ2n) is 5.95. The number of hydroxylamine groups is 1. The molecule has 0 unspecified atom stereocenters. The Kier molecular flexibility index (Phi) is 5.06. The van der Waals surface area contributed by atoms with Crippen LogP contribution in [0, 0.1) is 6.92 Å². The van der Waals surface area contributed by atoms with Gasteiger partial charge in [-0.1, -0.05) is 4.47 Å². The lowest BCUT2D eigenvalue weighted by Crippen LogP contribution is -2.25. The normalized spacial score (nSPS) is 11.9. The number of aryl methyl sites for hydroxylation is 2. The van der Waals surface area contributed by atoms with E-state index in [4.69, 9.17) is 9.25 Å². The van der Waals surface area contributed by atoms with Crippen molar-refractivity contribution in [2.24, 2.45) is 7.05 Å². The number of hydrogen-bond donors (Lipinski definition) is 1. The minimum atomic E-state index is -3.79. The highest BCUT2D eigenvalue weighted by Crippen LogP contribution is 2.23. The molecule has 0 fully saturated rings. The third kappa shape index (κ3) is 3.30. The number of furan rings is 1. The van der Waals surface area contributed by atoms with Crippen molar-refractivity contribution in [3.8, 4) is 0 Å². The van der Waals surface area contributed by atoms with Crippen molar-refractivity contribution in [1.82, 2.24) is 14.0 Å². The summed E-state index contributed by atoms with van der Waals surface area (Å²) in [5.74, 6) is -0.310. The lowest BCUT2D eigenvalue weighted by Gasteiger charge is -2.14. The zero-order valence-electron chi connectivity index (χ0n) is 15.6. The topological polar surface area (TPSA) is 124 Å². The Morgan fingerprint density at radius 2 is 1.93 bits per heavy atom. The van der Waals surface area contributed by atoms with Gasteiger partial charge in [0, 0.05) is 19.8 Å². The van der Waals surface area contributed by atoms with Crippen LogP contribution in [0.2, 0.25) is 0 Å². The fourth-order valence-corrected chi connectivity index (χ4v) is 3.58. The maximum atomic E-state index is 12.7. The molecule has 3 aromatic rings. The van der Waals surface area contributed by atoms with Gasteiger partial charge in [-0.05, 0) is 31.2 Å². The highest BCUT2D eigenvalue weighted by molar-refractivity contribution is 7.89. The number of rotatable bonds is 5. The third-order valence-electron chi connectivity index (χ3n) is 4.18. The van der Waals surface area contributed by atoms with Gasteiger partial charge in [0.05, 0.1) is 17.6 Å². The first-order chi connectivity index (χ1) is 13.2. The second kappa shape index (κ2) is 7.19. The number of nitrogens with zero attached hydrogens (tertiary/aromatic N) is 3. The summed E-state index contributed by atoms with van der Waals surface area (Å²) in [6.07, 6.45) is 1.31. The van der Waals surface area contributed by atoms with Gasteiger partial charge < -0.3 is 14.3 Å². The van der Waals surface area contributed by atoms with E-state index in [-0.39, 0.29) is 27.3 Å². The zero-order valence-corrected chi connectivity index (χ0v) is 16.4. The first-order valence-electron chi connectivity index (χ1n) is 8.06. The molecule has 0 radical (unpaired) electrons. The van der Waals surface area contributed by atoms with Crippen LogP contribution in [0.5, 0.6) is 0 Å². The molecule has 0 spiro atoms. The molecule has 0 aliphatic carbocycles. The van der Waals surface area contributed by atoms with E-state index in [1.54, 1.807) is 6.92 Å². The molecule has 11 heteroatoms. The number of nitrogens with one attached hydrogen (secondary N) is 1. The molecule has 0 atom stereocenters. The van der Waals surface area contributed by atoms with E-state index in [1.807, 2.05) is 0 Å². The van der Waals surface area contributed by atoms with E-state index >= 15 is 0 Å². The van der Waals surface area contributed by atoms with Crippen LogP contribution in [0.25, 0.3) is 11.1 Å². The molecule has 2 heterocycles. The number of amides is 1. The van der Waals surface area contributed by atoms with Gasteiger partial charge >= 0.3 is 0 Å². The quantitative estimate of drug-likeness (QED) is 0.633. The summed E-state index contributed by atoms with van der Waals surface area (Å²) < 4.78 is 31.8. The summed E-state index contributed by atoms with van der Waals surface area (Å²) in [6.45, 7) is 1.56. The van der Waals surface area contributed by atoms with Crippen molar-refractivity contribution >= 4 is 32.7 Å². The molecule has 28 heavy (non-hydrogen) atoms. The molecule has 0 aliphatic rings. The zero-order chi connectivity index (χ0) is 20.6. The predicted molar refractivity (Wildman–Crippen MR) is 100 cm³/mol. The Balaban J connectivity index is 1.93. The van der Waals surface area contributed by atoms with Gasteiger partial charge in [-0.15, -0.1) is 0 Å². The molecular weight excluding hydrogens is 388 g/mol. The summed E-state index contributed by atoms with van der Waals surface area (Å²) in [7, 11) is 0.240. The number of anilines is 1. The number of aromatic nitrogens is 2. The third-order valence-corrected chi connectivity index (χ3v) is 5.87. The first-order valence-corrected chi connectivity index (χ1v) is 9.50. The number of carbonyl (C=O) groups excluding carboxylic acids is 1. The molecule has 1 aromatic carbocycles. The van der Waals surface area contributed by atoms with Crippen molar-refractivity contribution < 1.29 is 22.5 Å². The molecule has 10 nitrogen and oxygen atoms in total. The summed E-state index contributed by atoms with van der Waals surface area (Å²) in [5, 5.41) is 2.72. The lowest BCUT2D eigenvalue weighted by atomic mass is 10.1. The summed E-state index contributed by atoms with van der Waals surface area (Å²) in [6, 6.07) is 5.53. The Morgan fingerprint density at radius 1 is 1.29 bits per heavy atom. The van der Waals surface area contributed by atoms with Gasteiger partial charge in [0.15, 0.2) is 0 Å². The SMILES string of the molecule is CON(C)S(=O)(=O)c1ccc(NC(=O)c2c(C)oc3ncn(C)c(=O)c23)cc1. The van der Waals surface area contributed by atoms with Gasteiger partial charge in [0.25, 0.3) is 21.5 Å². The first kappa shape index (κ1) is 19.7. The summed E-state index contributed by atoms with van der Waals surface area (Å²) >= 11 is 0. The van der Waals surface area contributed by atoms with Crippen LogP contribution in [0.15, 0.2) is 44.7 Å². The molecule has 2 aromatic heterocycles. The van der Waals surface area contributed by atoms with E-state index in [0.717, 1.165) is 4.47 Å². The average Bonchev–Trinajstić information content (AvgIpc) is 3.01. The Bertz CT molecular complexity index is 1210. The Hall–Kier alpha value is -3.02. The smallest absolute Gasteiger partial charge is 0.265 e. The second-order valence-corrected chi connectivity index (χ2v) is 7.89. The Labute approximate surface area is 160 Å². The molecule has 0 bridgehead atoms. The van der Waals surface area contributed by atoms with E-state index in [1.165, 1.54) is 56.4 Å². The van der Waals surface area contributed by atoms with Gasteiger partial charge in [0.1, 0.15) is 17.5 Å². The molecule has 1 N–H and O–H groups in total. The fraction of sp³-hybridized carbons (Fsp3) is 0.235. The average molecular weight is 406 g/mol. The minimum Gasteiger partial charge on any atom is -0.442 e. The fourth-order valence-electron chi connectivity index (χ4n) is 2.61. The maximum Gasteiger partial charge on any atom is 0.265 e. The van der Waals surface area contributed by atoms with Gasteiger partial charge in [0.2, 0.25) is 5.71 Å². The highest BCUT2D eigenvalue weighted by atomic mass is 32.2. The van der Waals surface area contributed by atoms with E-state index in [2.05, 4.69) is 10.3 Å². The van der Waals surface area contributed by atoms with E-state index in [0.29, 0.717) is 5.69 Å². The highest BCUT2D eigenvalue weighted by Gasteiger charge is 2.23. The number of hydrogen-bond acceptors (Lipinski definition) is 7. The van der Waals surface area contributed by atoms with Crippen LogP contribution in [-0.2, 0) is 21.9 Å². The van der Waals surface area contributed by atoms with Crippen molar-refractivity contribution in [2.45, 2.75) is 11.8 Å². The molecule has 3 rings (SSSR count). The standard InChI is InChI=1S/C17H18N4O6S/c1-10-13(14-16(27-10)18-9-20(2)17(14)23)15(22)19-11-5-7-12(8-6-11)28(24,25)21(3)26-4/h5-9H,1-4H3,(H,19,22).